The van der Waals surface area contributed by atoms with Crippen LogP contribution in [0.15, 0.2) is 48.7 Å². The molecule has 110 valence electrons. The zero-order valence-corrected chi connectivity index (χ0v) is 11.3. The van der Waals surface area contributed by atoms with Gasteiger partial charge in [-0.1, -0.05) is 30.3 Å². The number of carbonyl (C=O) groups excluding carboxylic acids is 1. The summed E-state index contributed by atoms with van der Waals surface area (Å²) in [5.41, 5.74) is 0.993. The molecule has 2 aromatic rings. The number of hydrogen-bond donors (Lipinski definition) is 3. The van der Waals surface area contributed by atoms with Crippen LogP contribution in [-0.4, -0.2) is 28.8 Å². The van der Waals surface area contributed by atoms with Gasteiger partial charge in [0.25, 0.3) is 0 Å². The number of anilines is 1. The molecule has 1 aromatic heterocycles. The van der Waals surface area contributed by atoms with Crippen LogP contribution in [0.5, 0.6) is 0 Å². The van der Waals surface area contributed by atoms with Gasteiger partial charge in [-0.2, -0.15) is 0 Å². The molecule has 0 radical (unpaired) electrons. The fraction of sp³-hybridized carbons (Fsp3) is 0.200. The summed E-state index contributed by atoms with van der Waals surface area (Å²) in [4.78, 5) is 15.3. The SMILES string of the molecule is O=C(NC[C@@H](O)Cc1ccccc1)Nc1ccc(F)cn1. The van der Waals surface area contributed by atoms with Crippen molar-refractivity contribution in [2.24, 2.45) is 0 Å². The van der Waals surface area contributed by atoms with Crippen molar-refractivity contribution in [2.45, 2.75) is 12.5 Å². The highest BCUT2D eigenvalue weighted by Gasteiger charge is 2.08. The minimum atomic E-state index is -0.681. The monoisotopic (exact) mass is 289 g/mol. The summed E-state index contributed by atoms with van der Waals surface area (Å²) in [6.07, 6.45) is 0.787. The van der Waals surface area contributed by atoms with Gasteiger partial charge in [0.2, 0.25) is 0 Å². The molecule has 0 fully saturated rings. The molecule has 0 unspecified atom stereocenters. The van der Waals surface area contributed by atoms with Gasteiger partial charge in [-0.15, -0.1) is 0 Å². The van der Waals surface area contributed by atoms with E-state index in [1.54, 1.807) is 0 Å². The summed E-state index contributed by atoms with van der Waals surface area (Å²) in [6.45, 7) is 0.113. The van der Waals surface area contributed by atoms with Gasteiger partial charge in [0.15, 0.2) is 0 Å². The van der Waals surface area contributed by atoms with Gasteiger partial charge in [0.1, 0.15) is 11.6 Å². The van der Waals surface area contributed by atoms with E-state index < -0.39 is 18.0 Å². The van der Waals surface area contributed by atoms with Crippen molar-refractivity contribution in [3.63, 3.8) is 0 Å². The number of aromatic nitrogens is 1. The Hall–Kier alpha value is -2.47. The van der Waals surface area contributed by atoms with Crippen LogP contribution in [0, 0.1) is 5.82 Å². The highest BCUT2D eigenvalue weighted by molar-refractivity contribution is 5.88. The number of nitrogens with one attached hydrogen (secondary N) is 2. The zero-order valence-electron chi connectivity index (χ0n) is 11.3. The molecule has 5 nitrogen and oxygen atoms in total. The molecule has 0 aliphatic carbocycles. The molecular weight excluding hydrogens is 273 g/mol. The summed E-state index contributed by atoms with van der Waals surface area (Å²) in [5.74, 6) is -0.231. The second kappa shape index (κ2) is 7.35. The van der Waals surface area contributed by atoms with Crippen molar-refractivity contribution < 1.29 is 14.3 Å². The van der Waals surface area contributed by atoms with E-state index in [1.165, 1.54) is 12.1 Å². The van der Waals surface area contributed by atoms with E-state index in [9.17, 15) is 14.3 Å². The maximum Gasteiger partial charge on any atom is 0.320 e. The number of pyridine rings is 1. The first-order valence-corrected chi connectivity index (χ1v) is 6.52. The van der Waals surface area contributed by atoms with Crippen molar-refractivity contribution >= 4 is 11.8 Å². The van der Waals surface area contributed by atoms with Gasteiger partial charge < -0.3 is 10.4 Å². The standard InChI is InChI=1S/C15H16FN3O2/c16-12-6-7-14(17-9-12)19-15(21)18-10-13(20)8-11-4-2-1-3-5-11/h1-7,9,13,20H,8,10H2,(H2,17,18,19,21)/t13-/m0/s1. The summed E-state index contributed by atoms with van der Waals surface area (Å²) >= 11 is 0. The Bertz CT molecular complexity index is 575. The summed E-state index contributed by atoms with van der Waals surface area (Å²) in [5, 5.41) is 14.8. The number of benzene rings is 1. The molecule has 0 aliphatic rings. The highest BCUT2D eigenvalue weighted by atomic mass is 19.1. The van der Waals surface area contributed by atoms with Crippen LogP contribution in [0.25, 0.3) is 0 Å². The number of carbonyl (C=O) groups is 1. The number of nitrogens with zero attached hydrogens (tertiary/aromatic N) is 1. The highest BCUT2D eigenvalue weighted by Crippen LogP contribution is 2.04. The van der Waals surface area contributed by atoms with E-state index >= 15 is 0 Å². The second-order valence-electron chi connectivity index (χ2n) is 4.54. The van der Waals surface area contributed by atoms with Crippen LogP contribution in [0.2, 0.25) is 0 Å². The third-order valence-corrected chi connectivity index (χ3v) is 2.78. The zero-order chi connectivity index (χ0) is 15.1. The molecule has 0 aliphatic heterocycles. The van der Waals surface area contributed by atoms with Crippen molar-refractivity contribution in [1.29, 1.82) is 0 Å². The molecule has 0 saturated heterocycles. The van der Waals surface area contributed by atoms with Crippen molar-refractivity contribution in [2.75, 3.05) is 11.9 Å². The maximum atomic E-state index is 12.7. The average molecular weight is 289 g/mol. The van der Waals surface area contributed by atoms with E-state index in [0.717, 1.165) is 11.8 Å². The summed E-state index contributed by atoms with van der Waals surface area (Å²) in [7, 11) is 0. The molecule has 21 heavy (non-hydrogen) atoms. The number of aliphatic hydroxyl groups is 1. The molecule has 1 heterocycles. The molecule has 3 N–H and O–H groups in total. The quantitative estimate of drug-likeness (QED) is 0.787. The summed E-state index contributed by atoms with van der Waals surface area (Å²) < 4.78 is 12.7. The summed E-state index contributed by atoms with van der Waals surface area (Å²) in [6, 6.07) is 11.6. The van der Waals surface area contributed by atoms with E-state index in [4.69, 9.17) is 0 Å². The van der Waals surface area contributed by atoms with Crippen molar-refractivity contribution in [1.82, 2.24) is 10.3 Å². The fourth-order valence-corrected chi connectivity index (χ4v) is 1.78. The third-order valence-electron chi connectivity index (χ3n) is 2.78. The third kappa shape index (κ3) is 5.19. The molecule has 0 spiro atoms. The van der Waals surface area contributed by atoms with E-state index in [1.807, 2.05) is 30.3 Å². The van der Waals surface area contributed by atoms with Gasteiger partial charge in [-0.25, -0.2) is 14.2 Å². The molecule has 0 saturated carbocycles. The first-order valence-electron chi connectivity index (χ1n) is 6.52. The Balaban J connectivity index is 1.74. The average Bonchev–Trinajstić information content (AvgIpc) is 2.49. The lowest BCUT2D eigenvalue weighted by atomic mass is 10.1. The fourth-order valence-electron chi connectivity index (χ4n) is 1.78. The first-order chi connectivity index (χ1) is 10.1. The molecule has 0 bridgehead atoms. The maximum absolute atomic E-state index is 12.7. The van der Waals surface area contributed by atoms with Crippen LogP contribution in [0.4, 0.5) is 15.0 Å². The van der Waals surface area contributed by atoms with E-state index in [0.29, 0.717) is 6.42 Å². The Morgan fingerprint density at radius 3 is 2.67 bits per heavy atom. The van der Waals surface area contributed by atoms with Crippen LogP contribution >= 0.6 is 0 Å². The van der Waals surface area contributed by atoms with Crippen LogP contribution in [0.1, 0.15) is 5.56 Å². The molecular formula is C15H16FN3O2. The number of aliphatic hydroxyl groups excluding tert-OH is 1. The Kier molecular flexibility index (Phi) is 5.22. The van der Waals surface area contributed by atoms with E-state index in [2.05, 4.69) is 15.6 Å². The molecule has 1 atom stereocenters. The van der Waals surface area contributed by atoms with Crippen molar-refractivity contribution in [3.05, 3.63) is 60.0 Å². The number of amides is 2. The lowest BCUT2D eigenvalue weighted by molar-refractivity contribution is 0.172. The molecule has 1 aromatic carbocycles. The lowest BCUT2D eigenvalue weighted by Crippen LogP contribution is -2.36. The smallest absolute Gasteiger partial charge is 0.320 e. The Morgan fingerprint density at radius 2 is 2.00 bits per heavy atom. The van der Waals surface area contributed by atoms with Gasteiger partial charge >= 0.3 is 6.03 Å². The van der Waals surface area contributed by atoms with Gasteiger partial charge in [0.05, 0.1) is 12.3 Å². The second-order valence-corrected chi connectivity index (χ2v) is 4.54. The van der Waals surface area contributed by atoms with Crippen LogP contribution in [0.3, 0.4) is 0 Å². The normalized spacial score (nSPS) is 11.7. The number of halogens is 1. The first kappa shape index (κ1) is 14.9. The number of rotatable bonds is 5. The van der Waals surface area contributed by atoms with Gasteiger partial charge in [-0.3, -0.25) is 5.32 Å². The number of hydrogen-bond acceptors (Lipinski definition) is 3. The van der Waals surface area contributed by atoms with E-state index in [-0.39, 0.29) is 12.4 Å². The predicted octanol–water partition coefficient (Wildman–Crippen LogP) is 1.95. The predicted molar refractivity (Wildman–Crippen MR) is 77.4 cm³/mol. The molecule has 2 rings (SSSR count). The lowest BCUT2D eigenvalue weighted by Gasteiger charge is -2.12. The van der Waals surface area contributed by atoms with Crippen LogP contribution < -0.4 is 10.6 Å². The largest absolute Gasteiger partial charge is 0.391 e. The molecule has 2 amide bonds. The van der Waals surface area contributed by atoms with Crippen molar-refractivity contribution in [3.8, 4) is 0 Å². The minimum Gasteiger partial charge on any atom is -0.391 e. The Labute approximate surface area is 121 Å². The minimum absolute atomic E-state index is 0.113. The Morgan fingerprint density at radius 1 is 1.24 bits per heavy atom. The van der Waals surface area contributed by atoms with Crippen LogP contribution in [-0.2, 0) is 6.42 Å². The molecule has 6 heteroatoms. The van der Waals surface area contributed by atoms with Gasteiger partial charge in [0, 0.05) is 13.0 Å². The topological polar surface area (TPSA) is 74.2 Å². The number of urea groups is 1. The van der Waals surface area contributed by atoms with Gasteiger partial charge in [-0.05, 0) is 17.7 Å².